The highest BCUT2D eigenvalue weighted by Gasteiger charge is 2.21. The number of carbonyl (C=O) groups excluding carboxylic acids is 2. The molecule has 1 unspecified atom stereocenters. The van der Waals surface area contributed by atoms with Gasteiger partial charge in [-0.05, 0) is 43.4 Å². The molecule has 3 aromatic rings. The standard InChI is InChI=1S/C27H33N5O2S/c1-3-32-24(18-31-17-9-5-8-12-26(31)34)29-30-27(32)35-19-25(33)28-20(2)21-13-15-23(16-14-21)22-10-6-4-7-11-22/h4,6-7,10-11,13-16,20H,3,5,8-9,12,17-19H2,1-2H3,(H,28,33). The van der Waals surface area contributed by atoms with Crippen LogP contribution in [0.5, 0.6) is 0 Å². The maximum Gasteiger partial charge on any atom is 0.230 e. The van der Waals surface area contributed by atoms with E-state index in [1.165, 1.54) is 17.3 Å². The summed E-state index contributed by atoms with van der Waals surface area (Å²) in [6, 6.07) is 18.4. The zero-order valence-electron chi connectivity index (χ0n) is 20.4. The number of nitrogens with one attached hydrogen (secondary N) is 1. The second kappa shape index (κ2) is 12.0. The summed E-state index contributed by atoms with van der Waals surface area (Å²) in [5.74, 6) is 1.17. The Balaban J connectivity index is 1.31. The van der Waals surface area contributed by atoms with E-state index in [9.17, 15) is 9.59 Å². The summed E-state index contributed by atoms with van der Waals surface area (Å²) in [5, 5.41) is 12.4. The van der Waals surface area contributed by atoms with Crippen LogP contribution in [0.1, 0.15) is 57.0 Å². The summed E-state index contributed by atoms with van der Waals surface area (Å²) in [7, 11) is 0. The van der Waals surface area contributed by atoms with Gasteiger partial charge in [-0.1, -0.05) is 72.8 Å². The highest BCUT2D eigenvalue weighted by Crippen LogP contribution is 2.23. The fraction of sp³-hybridized carbons (Fsp3) is 0.407. The lowest BCUT2D eigenvalue weighted by Gasteiger charge is -2.20. The predicted octanol–water partition coefficient (Wildman–Crippen LogP) is 4.84. The fourth-order valence-corrected chi connectivity index (χ4v) is 5.16. The van der Waals surface area contributed by atoms with Crippen LogP contribution in [0.3, 0.4) is 0 Å². The van der Waals surface area contributed by atoms with E-state index in [4.69, 9.17) is 0 Å². The van der Waals surface area contributed by atoms with Gasteiger partial charge in [0.1, 0.15) is 0 Å². The van der Waals surface area contributed by atoms with Crippen molar-refractivity contribution in [3.8, 4) is 11.1 Å². The first kappa shape index (κ1) is 25.0. The molecule has 4 rings (SSSR count). The molecule has 1 aromatic heterocycles. The van der Waals surface area contributed by atoms with E-state index in [1.807, 2.05) is 41.5 Å². The molecule has 1 fully saturated rings. The quantitative estimate of drug-likeness (QED) is 0.434. The third-order valence-corrected chi connectivity index (χ3v) is 7.31. The topological polar surface area (TPSA) is 80.1 Å². The number of hydrogen-bond acceptors (Lipinski definition) is 5. The van der Waals surface area contributed by atoms with Crippen molar-refractivity contribution in [2.24, 2.45) is 0 Å². The van der Waals surface area contributed by atoms with E-state index in [0.29, 0.717) is 24.7 Å². The number of carbonyl (C=O) groups is 2. The van der Waals surface area contributed by atoms with Gasteiger partial charge in [0.05, 0.1) is 18.3 Å². The molecule has 0 saturated carbocycles. The average molecular weight is 492 g/mol. The Morgan fingerprint density at radius 1 is 1.03 bits per heavy atom. The third-order valence-electron chi connectivity index (χ3n) is 6.34. The molecular formula is C27H33N5O2S. The van der Waals surface area contributed by atoms with E-state index in [1.54, 1.807) is 0 Å². The zero-order chi connectivity index (χ0) is 24.6. The molecule has 0 aliphatic carbocycles. The molecule has 35 heavy (non-hydrogen) atoms. The third kappa shape index (κ3) is 6.51. The van der Waals surface area contributed by atoms with Gasteiger partial charge in [-0.2, -0.15) is 0 Å². The Kier molecular flexibility index (Phi) is 8.58. The van der Waals surface area contributed by atoms with Crippen LogP contribution in [0.4, 0.5) is 0 Å². The summed E-state index contributed by atoms with van der Waals surface area (Å²) in [6.07, 6.45) is 3.69. The van der Waals surface area contributed by atoms with Gasteiger partial charge in [-0.3, -0.25) is 9.59 Å². The molecule has 0 bridgehead atoms. The summed E-state index contributed by atoms with van der Waals surface area (Å²) in [6.45, 7) is 5.96. The van der Waals surface area contributed by atoms with Crippen LogP contribution in [0.2, 0.25) is 0 Å². The Hall–Kier alpha value is -3.13. The molecular weight excluding hydrogens is 458 g/mol. The number of nitrogens with zero attached hydrogens (tertiary/aromatic N) is 4. The SMILES string of the molecule is CCn1c(CN2CCCCCC2=O)nnc1SCC(=O)NC(C)c1ccc(-c2ccccc2)cc1. The van der Waals surface area contributed by atoms with Crippen molar-refractivity contribution in [2.75, 3.05) is 12.3 Å². The lowest BCUT2D eigenvalue weighted by Crippen LogP contribution is -2.31. The molecule has 184 valence electrons. The van der Waals surface area contributed by atoms with Crippen molar-refractivity contribution in [3.63, 3.8) is 0 Å². The van der Waals surface area contributed by atoms with Gasteiger partial charge in [-0.15, -0.1) is 10.2 Å². The highest BCUT2D eigenvalue weighted by molar-refractivity contribution is 7.99. The summed E-state index contributed by atoms with van der Waals surface area (Å²) >= 11 is 1.38. The molecule has 0 spiro atoms. The molecule has 1 aliphatic heterocycles. The van der Waals surface area contributed by atoms with Gasteiger partial charge in [0.25, 0.3) is 0 Å². The second-order valence-corrected chi connectivity index (χ2v) is 9.78. The normalized spacial score (nSPS) is 15.0. The van der Waals surface area contributed by atoms with Gasteiger partial charge < -0.3 is 14.8 Å². The smallest absolute Gasteiger partial charge is 0.230 e. The molecule has 2 aromatic carbocycles. The van der Waals surface area contributed by atoms with E-state index in [-0.39, 0.29) is 23.6 Å². The first-order valence-corrected chi connectivity index (χ1v) is 13.3. The van der Waals surface area contributed by atoms with Crippen LogP contribution >= 0.6 is 11.8 Å². The maximum atomic E-state index is 12.7. The average Bonchev–Trinajstić information content (AvgIpc) is 3.16. The summed E-state index contributed by atoms with van der Waals surface area (Å²) < 4.78 is 2.00. The molecule has 7 nitrogen and oxygen atoms in total. The predicted molar refractivity (Wildman–Crippen MR) is 139 cm³/mol. The first-order valence-electron chi connectivity index (χ1n) is 12.3. The molecule has 1 aliphatic rings. The van der Waals surface area contributed by atoms with Crippen molar-refractivity contribution < 1.29 is 9.59 Å². The van der Waals surface area contributed by atoms with E-state index in [0.717, 1.165) is 42.8 Å². The number of amides is 2. The second-order valence-electron chi connectivity index (χ2n) is 8.83. The number of benzene rings is 2. The van der Waals surface area contributed by atoms with Crippen LogP contribution in [-0.4, -0.2) is 43.8 Å². The molecule has 0 radical (unpaired) electrons. The van der Waals surface area contributed by atoms with E-state index < -0.39 is 0 Å². The molecule has 2 amide bonds. The van der Waals surface area contributed by atoms with Crippen molar-refractivity contribution in [2.45, 2.75) is 63.8 Å². The Morgan fingerprint density at radius 3 is 2.51 bits per heavy atom. The van der Waals surface area contributed by atoms with E-state index in [2.05, 4.69) is 51.9 Å². The van der Waals surface area contributed by atoms with Crippen LogP contribution < -0.4 is 5.32 Å². The molecule has 1 atom stereocenters. The first-order chi connectivity index (χ1) is 17.0. The number of aromatic nitrogens is 3. The Morgan fingerprint density at radius 2 is 1.77 bits per heavy atom. The minimum atomic E-state index is -0.0958. The van der Waals surface area contributed by atoms with Gasteiger partial charge >= 0.3 is 0 Å². The lowest BCUT2D eigenvalue weighted by molar-refractivity contribution is -0.131. The van der Waals surface area contributed by atoms with Crippen LogP contribution in [0.25, 0.3) is 11.1 Å². The Labute approximate surface area is 211 Å². The maximum absolute atomic E-state index is 12.7. The lowest BCUT2D eigenvalue weighted by atomic mass is 10.0. The van der Waals surface area contributed by atoms with Gasteiger partial charge in [-0.25, -0.2) is 0 Å². The number of hydrogen-bond donors (Lipinski definition) is 1. The van der Waals surface area contributed by atoms with Crippen molar-refractivity contribution in [1.29, 1.82) is 0 Å². The molecule has 1 saturated heterocycles. The minimum absolute atomic E-state index is 0.0514. The van der Waals surface area contributed by atoms with Crippen LogP contribution in [0.15, 0.2) is 59.8 Å². The molecule has 8 heteroatoms. The molecule has 2 heterocycles. The summed E-state index contributed by atoms with van der Waals surface area (Å²) in [4.78, 5) is 26.9. The van der Waals surface area contributed by atoms with Gasteiger partial charge in [0.2, 0.25) is 11.8 Å². The van der Waals surface area contributed by atoms with Crippen molar-refractivity contribution >= 4 is 23.6 Å². The number of thioether (sulfide) groups is 1. The Bertz CT molecular complexity index is 1130. The number of rotatable bonds is 9. The summed E-state index contributed by atoms with van der Waals surface area (Å²) in [5.41, 5.74) is 3.39. The van der Waals surface area contributed by atoms with Crippen molar-refractivity contribution in [3.05, 3.63) is 66.0 Å². The largest absolute Gasteiger partial charge is 0.349 e. The van der Waals surface area contributed by atoms with Gasteiger partial charge in [0, 0.05) is 19.5 Å². The van der Waals surface area contributed by atoms with Crippen molar-refractivity contribution in [1.82, 2.24) is 25.0 Å². The highest BCUT2D eigenvalue weighted by atomic mass is 32.2. The molecule has 1 N–H and O–H groups in total. The fourth-order valence-electron chi connectivity index (χ4n) is 4.33. The van der Waals surface area contributed by atoms with Crippen LogP contribution in [-0.2, 0) is 22.7 Å². The minimum Gasteiger partial charge on any atom is -0.349 e. The number of likely N-dealkylation sites (tertiary alicyclic amines) is 1. The van der Waals surface area contributed by atoms with Gasteiger partial charge in [0.15, 0.2) is 11.0 Å². The monoisotopic (exact) mass is 491 g/mol. The van der Waals surface area contributed by atoms with Crippen LogP contribution in [0, 0.1) is 0 Å². The van der Waals surface area contributed by atoms with E-state index >= 15 is 0 Å². The zero-order valence-corrected chi connectivity index (χ0v) is 21.3.